The van der Waals surface area contributed by atoms with Crippen LogP contribution in [0.3, 0.4) is 0 Å². The molecular weight excluding hydrogens is 336 g/mol. The first-order valence-corrected chi connectivity index (χ1v) is 8.15. The topological polar surface area (TPSA) is 76.2 Å². The van der Waals surface area contributed by atoms with E-state index < -0.39 is 0 Å². The Bertz CT molecular complexity index is 672. The normalized spacial score (nSPS) is 17.3. The van der Waals surface area contributed by atoms with Gasteiger partial charge in [-0.2, -0.15) is 0 Å². The Labute approximate surface area is 144 Å². The third kappa shape index (κ3) is 3.37. The number of anilines is 1. The summed E-state index contributed by atoms with van der Waals surface area (Å²) in [7, 11) is 0. The SMILES string of the molecule is O=C(CCl)c1ccc2c(c1)N(CC(=O)N1CCOCC1)C(=O)CO2. The summed E-state index contributed by atoms with van der Waals surface area (Å²) in [6, 6.07) is 4.76. The molecule has 1 aromatic carbocycles. The first-order chi connectivity index (χ1) is 11.6. The van der Waals surface area contributed by atoms with E-state index in [1.165, 1.54) is 4.90 Å². The van der Waals surface area contributed by atoms with Crippen molar-refractivity contribution in [3.05, 3.63) is 23.8 Å². The van der Waals surface area contributed by atoms with Crippen molar-refractivity contribution in [2.45, 2.75) is 0 Å². The molecular formula is C16H17ClN2O5. The van der Waals surface area contributed by atoms with Gasteiger partial charge in [-0.25, -0.2) is 0 Å². The third-order valence-corrected chi connectivity index (χ3v) is 4.25. The molecule has 7 nitrogen and oxygen atoms in total. The van der Waals surface area contributed by atoms with Crippen LogP contribution in [0.4, 0.5) is 5.69 Å². The van der Waals surface area contributed by atoms with Crippen LogP contribution >= 0.6 is 11.6 Å². The summed E-state index contributed by atoms with van der Waals surface area (Å²) in [5, 5.41) is 0. The molecule has 8 heteroatoms. The maximum absolute atomic E-state index is 12.4. The molecule has 0 bridgehead atoms. The number of ketones is 1. The second kappa shape index (κ2) is 7.19. The number of halogens is 1. The van der Waals surface area contributed by atoms with Crippen LogP contribution in [0.25, 0.3) is 0 Å². The van der Waals surface area contributed by atoms with E-state index in [0.29, 0.717) is 43.3 Å². The standard InChI is InChI=1S/C16H17ClN2O5/c17-8-13(20)11-1-2-14-12(7-11)19(16(22)10-24-14)9-15(21)18-3-5-23-6-4-18/h1-2,7H,3-6,8-10H2. The zero-order valence-electron chi connectivity index (χ0n) is 13.0. The van der Waals surface area contributed by atoms with Gasteiger partial charge in [0.25, 0.3) is 5.91 Å². The largest absolute Gasteiger partial charge is 0.482 e. The van der Waals surface area contributed by atoms with E-state index in [0.717, 1.165) is 0 Å². The molecule has 2 heterocycles. The number of carbonyl (C=O) groups excluding carboxylic acids is 3. The molecule has 2 aliphatic heterocycles. The second-order valence-corrected chi connectivity index (χ2v) is 5.77. The molecule has 24 heavy (non-hydrogen) atoms. The lowest BCUT2D eigenvalue weighted by atomic mass is 10.1. The minimum Gasteiger partial charge on any atom is -0.482 e. The van der Waals surface area contributed by atoms with Crippen molar-refractivity contribution in [1.29, 1.82) is 0 Å². The van der Waals surface area contributed by atoms with Crippen molar-refractivity contribution in [3.63, 3.8) is 0 Å². The zero-order chi connectivity index (χ0) is 17.1. The van der Waals surface area contributed by atoms with Gasteiger partial charge in [0.15, 0.2) is 12.4 Å². The van der Waals surface area contributed by atoms with Crippen LogP contribution in [-0.2, 0) is 14.3 Å². The van der Waals surface area contributed by atoms with Crippen LogP contribution in [0.15, 0.2) is 18.2 Å². The lowest BCUT2D eigenvalue weighted by Crippen LogP contribution is -2.49. The summed E-state index contributed by atoms with van der Waals surface area (Å²) in [5.74, 6) is -0.416. The fourth-order valence-electron chi connectivity index (χ4n) is 2.67. The molecule has 3 rings (SSSR count). The van der Waals surface area contributed by atoms with Gasteiger partial charge < -0.3 is 14.4 Å². The van der Waals surface area contributed by atoms with E-state index in [4.69, 9.17) is 21.1 Å². The predicted octanol–water partition coefficient (Wildman–Crippen LogP) is 0.692. The minimum atomic E-state index is -0.320. The lowest BCUT2D eigenvalue weighted by Gasteiger charge is -2.32. The number of morpholine rings is 1. The molecule has 0 saturated carbocycles. The van der Waals surface area contributed by atoms with E-state index >= 15 is 0 Å². The number of hydrogen-bond acceptors (Lipinski definition) is 5. The number of amides is 2. The molecule has 1 fully saturated rings. The Hall–Kier alpha value is -2.12. The number of benzene rings is 1. The second-order valence-electron chi connectivity index (χ2n) is 5.50. The number of Topliss-reactive ketones (excluding diaryl/α,β-unsaturated/α-hetero) is 1. The number of alkyl halides is 1. The van der Waals surface area contributed by atoms with Gasteiger partial charge in [0.2, 0.25) is 5.91 Å². The highest BCUT2D eigenvalue weighted by atomic mass is 35.5. The van der Waals surface area contributed by atoms with Crippen molar-refractivity contribution >= 4 is 34.9 Å². The summed E-state index contributed by atoms with van der Waals surface area (Å²) >= 11 is 5.59. The molecule has 0 aliphatic carbocycles. The first kappa shape index (κ1) is 16.7. The van der Waals surface area contributed by atoms with Gasteiger partial charge >= 0.3 is 0 Å². The van der Waals surface area contributed by atoms with E-state index in [2.05, 4.69) is 0 Å². The predicted molar refractivity (Wildman–Crippen MR) is 86.7 cm³/mol. The molecule has 0 aromatic heterocycles. The Morgan fingerprint density at radius 2 is 1.96 bits per heavy atom. The Kier molecular flexibility index (Phi) is 5.01. The van der Waals surface area contributed by atoms with Gasteiger partial charge in [-0.1, -0.05) is 0 Å². The molecule has 1 aromatic rings. The fourth-order valence-corrected chi connectivity index (χ4v) is 2.83. The molecule has 0 spiro atoms. The van der Waals surface area contributed by atoms with Crippen LogP contribution < -0.4 is 9.64 Å². The highest BCUT2D eigenvalue weighted by Crippen LogP contribution is 2.33. The summed E-state index contributed by atoms with van der Waals surface area (Å²) in [6.07, 6.45) is 0. The monoisotopic (exact) mass is 352 g/mol. The quantitative estimate of drug-likeness (QED) is 0.588. The van der Waals surface area contributed by atoms with Gasteiger partial charge in [0.1, 0.15) is 12.3 Å². The molecule has 0 unspecified atom stereocenters. The Morgan fingerprint density at radius 1 is 1.21 bits per heavy atom. The van der Waals surface area contributed by atoms with Gasteiger partial charge in [0, 0.05) is 18.7 Å². The lowest BCUT2D eigenvalue weighted by molar-refractivity contribution is -0.135. The van der Waals surface area contributed by atoms with Crippen molar-refractivity contribution in [2.75, 3.05) is 50.2 Å². The zero-order valence-corrected chi connectivity index (χ0v) is 13.8. The first-order valence-electron chi connectivity index (χ1n) is 7.62. The number of carbonyl (C=O) groups is 3. The number of hydrogen-bond donors (Lipinski definition) is 0. The summed E-state index contributed by atoms with van der Waals surface area (Å²) < 4.78 is 10.6. The molecule has 0 atom stereocenters. The van der Waals surface area contributed by atoms with Crippen molar-refractivity contribution in [3.8, 4) is 5.75 Å². The van der Waals surface area contributed by atoms with Crippen LogP contribution in [0, 0.1) is 0 Å². The van der Waals surface area contributed by atoms with Gasteiger partial charge in [-0.3, -0.25) is 19.3 Å². The van der Waals surface area contributed by atoms with Gasteiger partial charge in [-0.05, 0) is 18.2 Å². The third-order valence-electron chi connectivity index (χ3n) is 4.00. The van der Waals surface area contributed by atoms with E-state index in [1.54, 1.807) is 23.1 Å². The molecule has 128 valence electrons. The fraction of sp³-hybridized carbons (Fsp3) is 0.438. The van der Waals surface area contributed by atoms with E-state index in [9.17, 15) is 14.4 Å². The van der Waals surface area contributed by atoms with Crippen molar-refractivity contribution in [2.24, 2.45) is 0 Å². The minimum absolute atomic E-state index is 0.0896. The van der Waals surface area contributed by atoms with Crippen LogP contribution in [0.1, 0.15) is 10.4 Å². The Morgan fingerprint density at radius 3 is 2.67 bits per heavy atom. The number of fused-ring (bicyclic) bond motifs is 1. The van der Waals surface area contributed by atoms with Gasteiger partial charge in [0.05, 0.1) is 24.8 Å². The Balaban J connectivity index is 1.84. The van der Waals surface area contributed by atoms with Crippen LogP contribution in [-0.4, -0.2) is 67.8 Å². The summed E-state index contributed by atoms with van der Waals surface area (Å²) in [4.78, 5) is 39.5. The molecule has 1 saturated heterocycles. The summed E-state index contributed by atoms with van der Waals surface area (Å²) in [5.41, 5.74) is 0.801. The number of rotatable bonds is 4. The molecule has 0 radical (unpaired) electrons. The average molecular weight is 353 g/mol. The maximum Gasteiger partial charge on any atom is 0.265 e. The van der Waals surface area contributed by atoms with Crippen LogP contribution in [0.2, 0.25) is 0 Å². The van der Waals surface area contributed by atoms with Crippen LogP contribution in [0.5, 0.6) is 5.75 Å². The van der Waals surface area contributed by atoms with E-state index in [-0.39, 0.29) is 36.6 Å². The highest BCUT2D eigenvalue weighted by molar-refractivity contribution is 6.30. The average Bonchev–Trinajstić information content (AvgIpc) is 2.63. The smallest absolute Gasteiger partial charge is 0.265 e. The van der Waals surface area contributed by atoms with Crippen molar-refractivity contribution < 1.29 is 23.9 Å². The number of nitrogens with zero attached hydrogens (tertiary/aromatic N) is 2. The molecule has 0 N–H and O–H groups in total. The van der Waals surface area contributed by atoms with E-state index in [1.807, 2.05) is 0 Å². The van der Waals surface area contributed by atoms with Crippen molar-refractivity contribution in [1.82, 2.24) is 4.90 Å². The molecule has 2 amide bonds. The molecule has 2 aliphatic rings. The van der Waals surface area contributed by atoms with Gasteiger partial charge in [-0.15, -0.1) is 11.6 Å². The highest BCUT2D eigenvalue weighted by Gasteiger charge is 2.30. The maximum atomic E-state index is 12.4. The summed E-state index contributed by atoms with van der Waals surface area (Å²) in [6.45, 7) is 1.78. The number of ether oxygens (including phenoxy) is 2.